The van der Waals surface area contributed by atoms with Gasteiger partial charge in [0.05, 0.1) is 12.2 Å². The zero-order valence-electron chi connectivity index (χ0n) is 14.6. The summed E-state index contributed by atoms with van der Waals surface area (Å²) in [4.78, 5) is 28.9. The molecule has 1 amide bonds. The minimum atomic E-state index is -0.953. The van der Waals surface area contributed by atoms with Crippen molar-refractivity contribution in [3.8, 4) is 0 Å². The number of carbonyl (C=O) groups excluding carboxylic acids is 1. The number of furan rings is 1. The molecule has 2 aromatic rings. The largest absolute Gasteiger partial charge is 0.481 e. The van der Waals surface area contributed by atoms with Crippen LogP contribution in [-0.4, -0.2) is 53.0 Å². The molecule has 136 valence electrons. The number of benzene rings is 1. The molecular formula is C20H22N2O4. The molecule has 3 fully saturated rings. The van der Waals surface area contributed by atoms with Crippen molar-refractivity contribution in [2.24, 2.45) is 17.3 Å². The molecular weight excluding hydrogens is 332 g/mol. The first-order valence-electron chi connectivity index (χ1n) is 9.26. The molecule has 2 saturated heterocycles. The highest BCUT2D eigenvalue weighted by atomic mass is 16.4. The normalized spacial score (nSPS) is 28.8. The van der Waals surface area contributed by atoms with Crippen LogP contribution in [0, 0.1) is 17.3 Å². The smallest absolute Gasteiger partial charge is 0.313 e. The first kappa shape index (κ1) is 15.9. The van der Waals surface area contributed by atoms with Crippen LogP contribution in [0.5, 0.6) is 0 Å². The predicted molar refractivity (Wildman–Crippen MR) is 94.4 cm³/mol. The van der Waals surface area contributed by atoms with Gasteiger partial charge in [-0.2, -0.15) is 0 Å². The monoisotopic (exact) mass is 354 g/mol. The van der Waals surface area contributed by atoms with E-state index in [-0.39, 0.29) is 5.91 Å². The van der Waals surface area contributed by atoms with Crippen LogP contribution < -0.4 is 0 Å². The van der Waals surface area contributed by atoms with Gasteiger partial charge in [-0.1, -0.05) is 6.07 Å². The summed E-state index contributed by atoms with van der Waals surface area (Å²) in [7, 11) is 0. The quantitative estimate of drug-likeness (QED) is 0.891. The molecule has 1 aliphatic carbocycles. The summed E-state index contributed by atoms with van der Waals surface area (Å²) in [5.74, 6) is -0.633. The fourth-order valence-corrected chi connectivity index (χ4v) is 4.66. The molecule has 0 unspecified atom stereocenters. The Kier molecular flexibility index (Phi) is 3.41. The number of carbonyl (C=O) groups is 2. The molecule has 5 rings (SSSR count). The van der Waals surface area contributed by atoms with Crippen molar-refractivity contribution in [3.63, 3.8) is 0 Å². The SMILES string of the molecule is O=C1[C@H]2CN(Cc3ccc4occc4c3)C[C@@]2(C(=O)O)CN1CC1CC1. The number of rotatable bonds is 5. The first-order chi connectivity index (χ1) is 12.5. The van der Waals surface area contributed by atoms with E-state index in [1.54, 1.807) is 6.26 Å². The Hall–Kier alpha value is -2.34. The fraction of sp³-hybridized carbons (Fsp3) is 0.500. The van der Waals surface area contributed by atoms with E-state index in [2.05, 4.69) is 11.0 Å². The average Bonchev–Trinajstić information content (AvgIpc) is 3.07. The minimum absolute atomic E-state index is 0.0343. The van der Waals surface area contributed by atoms with Gasteiger partial charge in [-0.15, -0.1) is 0 Å². The lowest BCUT2D eigenvalue weighted by atomic mass is 9.81. The number of fused-ring (bicyclic) bond motifs is 2. The average molecular weight is 354 g/mol. The van der Waals surface area contributed by atoms with Crippen LogP contribution in [-0.2, 0) is 16.1 Å². The van der Waals surface area contributed by atoms with E-state index < -0.39 is 17.3 Å². The number of nitrogens with zero attached hydrogens (tertiary/aromatic N) is 2. The van der Waals surface area contributed by atoms with Crippen LogP contribution in [0.3, 0.4) is 0 Å². The number of amides is 1. The second-order valence-corrected chi connectivity index (χ2v) is 8.14. The van der Waals surface area contributed by atoms with E-state index in [9.17, 15) is 14.7 Å². The van der Waals surface area contributed by atoms with Crippen LogP contribution in [0.1, 0.15) is 18.4 Å². The molecule has 2 atom stereocenters. The van der Waals surface area contributed by atoms with Gasteiger partial charge in [-0.3, -0.25) is 14.5 Å². The molecule has 3 aliphatic rings. The number of hydrogen-bond acceptors (Lipinski definition) is 4. The lowest BCUT2D eigenvalue weighted by Crippen LogP contribution is -2.41. The summed E-state index contributed by atoms with van der Waals surface area (Å²) >= 11 is 0. The summed E-state index contributed by atoms with van der Waals surface area (Å²) < 4.78 is 5.37. The van der Waals surface area contributed by atoms with Gasteiger partial charge in [-0.25, -0.2) is 0 Å². The number of aliphatic carboxylic acids is 1. The predicted octanol–water partition coefficient (Wildman–Crippen LogP) is 2.19. The van der Waals surface area contributed by atoms with Crippen LogP contribution in [0.2, 0.25) is 0 Å². The Labute approximate surface area is 151 Å². The van der Waals surface area contributed by atoms with Crippen LogP contribution in [0.25, 0.3) is 11.0 Å². The van der Waals surface area contributed by atoms with Crippen molar-refractivity contribution < 1.29 is 19.1 Å². The molecule has 1 aromatic carbocycles. The number of carboxylic acid groups (broad SMARTS) is 1. The lowest BCUT2D eigenvalue weighted by Gasteiger charge is -2.25. The highest BCUT2D eigenvalue weighted by molar-refractivity contribution is 5.92. The van der Waals surface area contributed by atoms with Crippen molar-refractivity contribution in [2.45, 2.75) is 19.4 Å². The standard InChI is InChI=1S/C20H22N2O4/c23-18-16-10-21(8-14-3-4-17-15(7-14)5-6-26-17)11-20(16,19(24)25)12-22(18)9-13-1-2-13/h3-7,13,16H,1-2,8-12H2,(H,24,25)/t16-,20-/m1/s1. The van der Waals surface area contributed by atoms with E-state index in [1.807, 2.05) is 23.1 Å². The first-order valence-corrected chi connectivity index (χ1v) is 9.26. The minimum Gasteiger partial charge on any atom is -0.481 e. The van der Waals surface area contributed by atoms with Crippen molar-refractivity contribution in [3.05, 3.63) is 36.1 Å². The topological polar surface area (TPSA) is 74.0 Å². The lowest BCUT2D eigenvalue weighted by molar-refractivity contribution is -0.149. The molecule has 26 heavy (non-hydrogen) atoms. The maximum atomic E-state index is 12.8. The molecule has 1 saturated carbocycles. The molecule has 6 heteroatoms. The van der Waals surface area contributed by atoms with Gasteiger partial charge >= 0.3 is 5.97 Å². The van der Waals surface area contributed by atoms with Crippen molar-refractivity contribution in [2.75, 3.05) is 26.2 Å². The highest BCUT2D eigenvalue weighted by Gasteiger charge is 2.62. The zero-order valence-corrected chi connectivity index (χ0v) is 14.6. The van der Waals surface area contributed by atoms with E-state index in [1.165, 1.54) is 0 Å². The Morgan fingerprint density at radius 2 is 2.12 bits per heavy atom. The van der Waals surface area contributed by atoms with Gasteiger partial charge in [0.2, 0.25) is 5.91 Å². The molecule has 2 aliphatic heterocycles. The van der Waals surface area contributed by atoms with Gasteiger partial charge < -0.3 is 14.4 Å². The zero-order chi connectivity index (χ0) is 17.9. The van der Waals surface area contributed by atoms with Gasteiger partial charge in [0.15, 0.2) is 0 Å². The Morgan fingerprint density at radius 3 is 2.85 bits per heavy atom. The third-order valence-electron chi connectivity index (χ3n) is 6.22. The second-order valence-electron chi connectivity index (χ2n) is 8.14. The Balaban J connectivity index is 1.35. The van der Waals surface area contributed by atoms with E-state index in [0.29, 0.717) is 32.1 Å². The molecule has 1 N–H and O–H groups in total. The molecule has 0 spiro atoms. The molecule has 0 bridgehead atoms. The third-order valence-corrected chi connectivity index (χ3v) is 6.22. The fourth-order valence-electron chi connectivity index (χ4n) is 4.66. The number of likely N-dealkylation sites (tertiary alicyclic amines) is 2. The molecule has 3 heterocycles. The van der Waals surface area contributed by atoms with E-state index in [0.717, 1.165) is 35.9 Å². The maximum Gasteiger partial charge on any atom is 0.313 e. The van der Waals surface area contributed by atoms with E-state index >= 15 is 0 Å². The van der Waals surface area contributed by atoms with Gasteiger partial charge in [-0.05, 0) is 42.5 Å². The van der Waals surface area contributed by atoms with Crippen LogP contribution in [0.4, 0.5) is 0 Å². The molecule has 6 nitrogen and oxygen atoms in total. The van der Waals surface area contributed by atoms with Gasteiger partial charge in [0, 0.05) is 38.1 Å². The van der Waals surface area contributed by atoms with Crippen LogP contribution in [0.15, 0.2) is 34.9 Å². The molecule has 1 aromatic heterocycles. The summed E-state index contributed by atoms with van der Waals surface area (Å²) in [5.41, 5.74) is 1.01. The van der Waals surface area contributed by atoms with Crippen molar-refractivity contribution >= 4 is 22.8 Å². The summed E-state index contributed by atoms with van der Waals surface area (Å²) in [6.07, 6.45) is 4.00. The van der Waals surface area contributed by atoms with Crippen molar-refractivity contribution in [1.29, 1.82) is 0 Å². The second kappa shape index (κ2) is 5.58. The summed E-state index contributed by atoms with van der Waals surface area (Å²) in [6, 6.07) is 7.95. The summed E-state index contributed by atoms with van der Waals surface area (Å²) in [6.45, 7) is 2.71. The number of hydrogen-bond donors (Lipinski definition) is 1. The Morgan fingerprint density at radius 1 is 1.27 bits per heavy atom. The van der Waals surface area contributed by atoms with Gasteiger partial charge in [0.1, 0.15) is 11.0 Å². The Bertz CT molecular complexity index is 887. The highest BCUT2D eigenvalue weighted by Crippen LogP contribution is 2.45. The third kappa shape index (κ3) is 2.43. The van der Waals surface area contributed by atoms with E-state index in [4.69, 9.17) is 4.42 Å². The van der Waals surface area contributed by atoms with Gasteiger partial charge in [0.25, 0.3) is 0 Å². The van der Waals surface area contributed by atoms with Crippen LogP contribution >= 0.6 is 0 Å². The maximum absolute atomic E-state index is 12.8. The molecule has 0 radical (unpaired) electrons. The summed E-state index contributed by atoms with van der Waals surface area (Å²) in [5, 5.41) is 11.0. The number of carboxylic acids is 1. The van der Waals surface area contributed by atoms with Crippen molar-refractivity contribution in [1.82, 2.24) is 9.80 Å².